The summed E-state index contributed by atoms with van der Waals surface area (Å²) in [5.41, 5.74) is 2.29. The molecule has 0 aliphatic carbocycles. The van der Waals surface area contributed by atoms with Crippen LogP contribution in [-0.4, -0.2) is 45.8 Å². The van der Waals surface area contributed by atoms with Gasteiger partial charge in [0, 0.05) is 49.4 Å². The molecule has 0 radical (unpaired) electrons. The van der Waals surface area contributed by atoms with E-state index in [1.807, 2.05) is 11.8 Å². The van der Waals surface area contributed by atoms with Crippen LogP contribution in [0.25, 0.3) is 6.08 Å². The van der Waals surface area contributed by atoms with Gasteiger partial charge in [0.25, 0.3) is 5.69 Å². The van der Waals surface area contributed by atoms with Crippen LogP contribution in [0.3, 0.4) is 0 Å². The minimum Gasteiger partial charge on any atom is -0.334 e. The molecule has 6 nitrogen and oxygen atoms in total. The van der Waals surface area contributed by atoms with E-state index >= 15 is 0 Å². The number of halogens is 1. The molecule has 0 spiro atoms. The number of benzene rings is 2. The third-order valence-electron chi connectivity index (χ3n) is 5.55. The van der Waals surface area contributed by atoms with Crippen molar-refractivity contribution in [2.75, 3.05) is 13.1 Å². The molecule has 3 rings (SSSR count). The first-order chi connectivity index (χ1) is 14.2. The van der Waals surface area contributed by atoms with Crippen molar-refractivity contribution in [3.8, 4) is 0 Å². The zero-order chi connectivity index (χ0) is 21.8. The Morgan fingerprint density at radius 2 is 1.87 bits per heavy atom. The van der Waals surface area contributed by atoms with Crippen LogP contribution in [0.2, 0.25) is 0 Å². The monoisotopic (exact) mass is 411 g/mol. The molecule has 158 valence electrons. The van der Waals surface area contributed by atoms with E-state index in [1.54, 1.807) is 37.3 Å². The summed E-state index contributed by atoms with van der Waals surface area (Å²) in [6, 6.07) is 11.6. The Morgan fingerprint density at radius 1 is 1.17 bits per heavy atom. The van der Waals surface area contributed by atoms with Gasteiger partial charge in [-0.05, 0) is 50.1 Å². The molecule has 1 saturated heterocycles. The zero-order valence-corrected chi connectivity index (χ0v) is 17.4. The zero-order valence-electron chi connectivity index (χ0n) is 17.4. The molecule has 30 heavy (non-hydrogen) atoms. The maximum atomic E-state index is 13.1. The lowest BCUT2D eigenvalue weighted by molar-refractivity contribution is -0.385. The first-order valence-corrected chi connectivity index (χ1v) is 9.97. The molecule has 2 atom stereocenters. The lowest BCUT2D eigenvalue weighted by Crippen LogP contribution is -2.57. The van der Waals surface area contributed by atoms with E-state index < -0.39 is 4.92 Å². The molecule has 2 aromatic rings. The molecule has 2 unspecified atom stereocenters. The molecule has 0 saturated carbocycles. The summed E-state index contributed by atoms with van der Waals surface area (Å²) in [6.07, 6.45) is 3.10. The van der Waals surface area contributed by atoms with Gasteiger partial charge in [0.05, 0.1) is 4.92 Å². The fourth-order valence-electron chi connectivity index (χ4n) is 3.74. The highest BCUT2D eigenvalue weighted by molar-refractivity contribution is 5.92. The quantitative estimate of drug-likeness (QED) is 0.421. The first-order valence-electron chi connectivity index (χ1n) is 9.97. The number of amides is 1. The fraction of sp³-hybridized carbons (Fsp3) is 0.348. The molecule has 1 aliphatic rings. The molecule has 0 aromatic heterocycles. The number of hydrogen-bond acceptors (Lipinski definition) is 4. The maximum Gasteiger partial charge on any atom is 0.272 e. The van der Waals surface area contributed by atoms with E-state index in [2.05, 4.69) is 11.8 Å². The minimum absolute atomic E-state index is 0.0196. The van der Waals surface area contributed by atoms with Crippen LogP contribution in [0.4, 0.5) is 10.1 Å². The molecule has 0 bridgehead atoms. The van der Waals surface area contributed by atoms with Crippen LogP contribution in [0.15, 0.2) is 48.5 Å². The van der Waals surface area contributed by atoms with Gasteiger partial charge in [-0.1, -0.05) is 24.3 Å². The van der Waals surface area contributed by atoms with Gasteiger partial charge in [0.2, 0.25) is 5.91 Å². The van der Waals surface area contributed by atoms with Gasteiger partial charge >= 0.3 is 0 Å². The van der Waals surface area contributed by atoms with Gasteiger partial charge in [-0.15, -0.1) is 0 Å². The van der Waals surface area contributed by atoms with Gasteiger partial charge in [0.1, 0.15) is 5.82 Å². The summed E-state index contributed by atoms with van der Waals surface area (Å²) in [4.78, 5) is 27.6. The normalized spacial score (nSPS) is 19.9. The third kappa shape index (κ3) is 5.10. The van der Waals surface area contributed by atoms with E-state index in [-0.39, 0.29) is 29.5 Å². The number of carbonyl (C=O) groups excluding carboxylic acids is 1. The molecule has 1 fully saturated rings. The Bertz CT molecular complexity index is 959. The van der Waals surface area contributed by atoms with Crippen molar-refractivity contribution in [3.05, 3.63) is 81.2 Å². The number of piperazine rings is 1. The number of hydrogen-bond donors (Lipinski definition) is 0. The van der Waals surface area contributed by atoms with Crippen molar-refractivity contribution in [3.63, 3.8) is 0 Å². The first kappa shape index (κ1) is 21.6. The predicted octanol–water partition coefficient (Wildman–Crippen LogP) is 4.18. The largest absolute Gasteiger partial charge is 0.334 e. The maximum absolute atomic E-state index is 13.1. The summed E-state index contributed by atoms with van der Waals surface area (Å²) in [5, 5.41) is 11.1. The van der Waals surface area contributed by atoms with Crippen LogP contribution < -0.4 is 0 Å². The average molecular weight is 411 g/mol. The van der Waals surface area contributed by atoms with Gasteiger partial charge in [0.15, 0.2) is 0 Å². The van der Waals surface area contributed by atoms with E-state index in [0.717, 1.165) is 5.56 Å². The molecule has 0 N–H and O–H groups in total. The molecule has 1 amide bonds. The molecule has 1 heterocycles. The highest BCUT2D eigenvalue weighted by Crippen LogP contribution is 2.21. The van der Waals surface area contributed by atoms with Crippen LogP contribution in [0.5, 0.6) is 0 Å². The standard InChI is InChI=1S/C23H26FN3O3/c1-16-4-5-19(12-22(16)27(29)30)8-11-23(28)26-14-17(2)25(13-18(26)3)15-20-6-9-21(24)10-7-20/h4-12,17-18H,13-15H2,1-3H3/b11-8+. The average Bonchev–Trinajstić information content (AvgIpc) is 2.71. The van der Waals surface area contributed by atoms with Crippen molar-refractivity contribution in [1.82, 2.24) is 9.80 Å². The van der Waals surface area contributed by atoms with Crippen molar-refractivity contribution >= 4 is 17.7 Å². The Morgan fingerprint density at radius 3 is 2.53 bits per heavy atom. The SMILES string of the molecule is Cc1ccc(/C=C/C(=O)N2CC(C)N(Cc3ccc(F)cc3)CC2C)cc1[N+](=O)[O-]. The number of rotatable bonds is 5. The molecular formula is C23H26FN3O3. The topological polar surface area (TPSA) is 66.7 Å². The summed E-state index contributed by atoms with van der Waals surface area (Å²) >= 11 is 0. The molecule has 1 aliphatic heterocycles. The fourth-order valence-corrected chi connectivity index (χ4v) is 3.74. The Hall–Kier alpha value is -3.06. The van der Waals surface area contributed by atoms with E-state index in [0.29, 0.717) is 30.8 Å². The Balaban J connectivity index is 1.65. The number of carbonyl (C=O) groups is 1. The second-order valence-corrected chi connectivity index (χ2v) is 7.88. The predicted molar refractivity (Wildman–Crippen MR) is 114 cm³/mol. The summed E-state index contributed by atoms with van der Waals surface area (Å²) < 4.78 is 13.1. The second-order valence-electron chi connectivity index (χ2n) is 7.88. The van der Waals surface area contributed by atoms with E-state index in [4.69, 9.17) is 0 Å². The van der Waals surface area contributed by atoms with Gasteiger partial charge in [-0.3, -0.25) is 19.8 Å². The lowest BCUT2D eigenvalue weighted by atomic mass is 10.1. The Labute approximate surface area is 175 Å². The summed E-state index contributed by atoms with van der Waals surface area (Å²) in [6.45, 7) is 7.77. The number of aryl methyl sites for hydroxylation is 1. The third-order valence-corrected chi connectivity index (χ3v) is 5.55. The van der Waals surface area contributed by atoms with Crippen LogP contribution in [-0.2, 0) is 11.3 Å². The minimum atomic E-state index is -0.418. The van der Waals surface area contributed by atoms with Crippen LogP contribution in [0.1, 0.15) is 30.5 Å². The van der Waals surface area contributed by atoms with Crippen LogP contribution >= 0.6 is 0 Å². The highest BCUT2D eigenvalue weighted by atomic mass is 19.1. The number of nitrogens with zero attached hydrogens (tertiary/aromatic N) is 3. The van der Waals surface area contributed by atoms with Crippen molar-refractivity contribution in [2.45, 2.75) is 39.4 Å². The van der Waals surface area contributed by atoms with Crippen LogP contribution in [0, 0.1) is 22.9 Å². The van der Waals surface area contributed by atoms with Gasteiger partial charge in [-0.25, -0.2) is 4.39 Å². The Kier molecular flexibility index (Phi) is 6.62. The number of nitro benzene ring substituents is 1. The van der Waals surface area contributed by atoms with Crippen molar-refractivity contribution in [2.24, 2.45) is 0 Å². The molecule has 2 aromatic carbocycles. The summed E-state index contributed by atoms with van der Waals surface area (Å²) in [5.74, 6) is -0.361. The van der Waals surface area contributed by atoms with Crippen molar-refractivity contribution < 1.29 is 14.1 Å². The van der Waals surface area contributed by atoms with E-state index in [1.165, 1.54) is 24.3 Å². The second kappa shape index (κ2) is 9.17. The highest BCUT2D eigenvalue weighted by Gasteiger charge is 2.31. The summed E-state index contributed by atoms with van der Waals surface area (Å²) in [7, 11) is 0. The lowest BCUT2D eigenvalue weighted by Gasteiger charge is -2.44. The van der Waals surface area contributed by atoms with Gasteiger partial charge < -0.3 is 4.90 Å². The number of nitro groups is 1. The van der Waals surface area contributed by atoms with Crippen molar-refractivity contribution in [1.29, 1.82) is 0 Å². The van der Waals surface area contributed by atoms with E-state index in [9.17, 15) is 19.3 Å². The molecular weight excluding hydrogens is 385 g/mol. The smallest absolute Gasteiger partial charge is 0.272 e. The van der Waals surface area contributed by atoms with Gasteiger partial charge in [-0.2, -0.15) is 0 Å². The molecule has 7 heteroatoms.